The van der Waals surface area contributed by atoms with Crippen LogP contribution in [0.4, 0.5) is 0 Å². The zero-order chi connectivity index (χ0) is 3.58. The molecule has 0 spiro atoms. The summed E-state index contributed by atoms with van der Waals surface area (Å²) in [5.74, 6) is 0. The average molecular weight is 92.2 g/mol. The molecular weight excluding hydrogens is 84.2 g/mol. The zero-order valence-corrected chi connectivity index (χ0v) is 5.92. The first-order valence-electron chi connectivity index (χ1n) is 1.41. The molecule has 0 rings (SSSR count). The van der Waals surface area contributed by atoms with Gasteiger partial charge in [-0.1, -0.05) is 6.92 Å². The third-order valence-corrected chi connectivity index (χ3v) is 0. The molecule has 0 aromatic rings. The summed E-state index contributed by atoms with van der Waals surface area (Å²) >= 11 is 4.03. The van der Waals surface area contributed by atoms with Crippen LogP contribution in [-0.4, -0.2) is 15.1 Å². The number of hydrogen-bond acceptors (Lipinski definition) is 1. The Balaban J connectivity index is 2.32. The maximum Gasteiger partial charge on any atom is 0.0185 e. The van der Waals surface area contributed by atoms with Gasteiger partial charge in [-0.05, 0) is 4.87 Å². The predicted molar refractivity (Wildman–Crippen MR) is 28.4 cm³/mol. The second-order valence-corrected chi connectivity index (χ2v) is 4.83. The lowest BCUT2D eigenvalue weighted by molar-refractivity contribution is 1.42. The van der Waals surface area contributed by atoms with Crippen molar-refractivity contribution in [2.75, 3.05) is 0 Å². The van der Waals surface area contributed by atoms with E-state index in [9.17, 15) is 0 Å². The van der Waals surface area contributed by atoms with Crippen LogP contribution in [0.5, 0.6) is 0 Å². The Kier molecular flexibility index (Phi) is 2.11. The topological polar surface area (TPSA) is 0 Å². The summed E-state index contributed by atoms with van der Waals surface area (Å²) in [7, 11) is 1.21. The predicted octanol–water partition coefficient (Wildman–Crippen LogP) is -0.372. The molecule has 0 aliphatic carbocycles. The standard InChI is InChI=1S/C2H8SSi/c1-2(3)4/h2-3H,1,4H3/t2-/m1/s1. The Morgan fingerprint density at radius 2 is 2.00 bits per heavy atom. The van der Waals surface area contributed by atoms with E-state index in [2.05, 4.69) is 19.6 Å². The van der Waals surface area contributed by atoms with Gasteiger partial charge < -0.3 is 0 Å². The third-order valence-electron chi connectivity index (χ3n) is 0. The van der Waals surface area contributed by atoms with Crippen molar-refractivity contribution in [3.05, 3.63) is 0 Å². The van der Waals surface area contributed by atoms with Crippen LogP contribution in [0.2, 0.25) is 0 Å². The van der Waals surface area contributed by atoms with Gasteiger partial charge in [0.2, 0.25) is 0 Å². The van der Waals surface area contributed by atoms with E-state index in [0.717, 1.165) is 0 Å². The van der Waals surface area contributed by atoms with Gasteiger partial charge in [0.05, 0.1) is 0 Å². The Morgan fingerprint density at radius 3 is 2.00 bits per heavy atom. The fourth-order valence-electron chi connectivity index (χ4n) is 0. The summed E-state index contributed by atoms with van der Waals surface area (Å²) in [6.07, 6.45) is 0. The molecule has 0 nitrogen and oxygen atoms in total. The minimum absolute atomic E-state index is 0.667. The van der Waals surface area contributed by atoms with E-state index in [1.165, 1.54) is 10.2 Å². The van der Waals surface area contributed by atoms with Crippen LogP contribution >= 0.6 is 12.6 Å². The van der Waals surface area contributed by atoms with Crippen LogP contribution in [-0.2, 0) is 0 Å². The SMILES string of the molecule is C[C@@H]([SiH3])S. The lowest BCUT2D eigenvalue weighted by Gasteiger charge is -1.78. The highest BCUT2D eigenvalue weighted by Crippen LogP contribution is 1.77. The lowest BCUT2D eigenvalue weighted by Crippen LogP contribution is -1.82. The zero-order valence-electron chi connectivity index (χ0n) is 3.02. The van der Waals surface area contributed by atoms with Gasteiger partial charge in [-0.15, -0.1) is 0 Å². The third kappa shape index (κ3) is 19.6. The minimum atomic E-state index is 0.667. The molecule has 0 saturated carbocycles. The monoisotopic (exact) mass is 92.0 g/mol. The van der Waals surface area contributed by atoms with E-state index >= 15 is 0 Å². The van der Waals surface area contributed by atoms with Crippen molar-refractivity contribution in [1.82, 2.24) is 0 Å². The smallest absolute Gasteiger partial charge is 0.0185 e. The van der Waals surface area contributed by atoms with E-state index in [0.29, 0.717) is 4.87 Å². The normalized spacial score (nSPS) is 16.5. The summed E-state index contributed by atoms with van der Waals surface area (Å²) in [6.45, 7) is 2.09. The maximum atomic E-state index is 4.03. The summed E-state index contributed by atoms with van der Waals surface area (Å²) in [5.41, 5.74) is 0. The molecular formula is C2H8SSi. The fraction of sp³-hybridized carbons (Fsp3) is 1.00. The second kappa shape index (κ2) is 1.85. The highest BCUT2D eigenvalue weighted by atomic mass is 32.1. The van der Waals surface area contributed by atoms with Crippen molar-refractivity contribution in [2.45, 2.75) is 11.8 Å². The summed E-state index contributed by atoms with van der Waals surface area (Å²) in [6, 6.07) is 0. The van der Waals surface area contributed by atoms with Gasteiger partial charge in [0.25, 0.3) is 0 Å². The lowest BCUT2D eigenvalue weighted by atomic mass is 11.0. The molecule has 4 heavy (non-hydrogen) atoms. The van der Waals surface area contributed by atoms with Gasteiger partial charge in [-0.25, -0.2) is 0 Å². The van der Waals surface area contributed by atoms with Crippen LogP contribution < -0.4 is 0 Å². The van der Waals surface area contributed by atoms with Gasteiger partial charge in [0.15, 0.2) is 0 Å². The summed E-state index contributed by atoms with van der Waals surface area (Å²) < 4.78 is 0. The van der Waals surface area contributed by atoms with Crippen molar-refractivity contribution in [3.63, 3.8) is 0 Å². The number of thiol groups is 1. The fourth-order valence-corrected chi connectivity index (χ4v) is 0. The molecule has 0 aliphatic rings. The molecule has 0 saturated heterocycles. The van der Waals surface area contributed by atoms with Gasteiger partial charge in [0, 0.05) is 10.2 Å². The Hall–Kier alpha value is 0.567. The molecule has 0 heterocycles. The molecule has 26 valence electrons. The van der Waals surface area contributed by atoms with Gasteiger partial charge in [-0.3, -0.25) is 0 Å². The average Bonchev–Trinajstić information content (AvgIpc) is 0.811. The molecule has 0 unspecified atom stereocenters. The first-order valence-corrected chi connectivity index (χ1v) is 3.08. The van der Waals surface area contributed by atoms with E-state index < -0.39 is 0 Å². The molecule has 0 radical (unpaired) electrons. The van der Waals surface area contributed by atoms with E-state index in [1.54, 1.807) is 0 Å². The molecule has 0 aromatic heterocycles. The Bertz CT molecular complexity index is 10.8. The van der Waals surface area contributed by atoms with E-state index in [1.807, 2.05) is 0 Å². The quantitative estimate of drug-likeness (QED) is 0.306. The molecule has 0 aliphatic heterocycles. The molecule has 0 fully saturated rings. The van der Waals surface area contributed by atoms with Crippen LogP contribution in [0.25, 0.3) is 0 Å². The highest BCUT2D eigenvalue weighted by molar-refractivity contribution is 7.82. The maximum absolute atomic E-state index is 4.03. The summed E-state index contributed by atoms with van der Waals surface area (Å²) in [4.78, 5) is 0.667. The molecule has 2 heteroatoms. The van der Waals surface area contributed by atoms with Crippen molar-refractivity contribution < 1.29 is 0 Å². The van der Waals surface area contributed by atoms with Crippen molar-refractivity contribution >= 4 is 22.9 Å². The second-order valence-electron chi connectivity index (χ2n) is 1.09. The van der Waals surface area contributed by atoms with Crippen molar-refractivity contribution in [1.29, 1.82) is 0 Å². The van der Waals surface area contributed by atoms with E-state index in [-0.39, 0.29) is 0 Å². The summed E-state index contributed by atoms with van der Waals surface area (Å²) in [5, 5.41) is 0. The molecule has 0 bridgehead atoms. The van der Waals surface area contributed by atoms with Crippen molar-refractivity contribution in [3.8, 4) is 0 Å². The highest BCUT2D eigenvalue weighted by Gasteiger charge is 1.69. The number of hydrogen-bond donors (Lipinski definition) is 1. The Morgan fingerprint density at radius 1 is 2.00 bits per heavy atom. The van der Waals surface area contributed by atoms with Crippen LogP contribution in [0.1, 0.15) is 6.92 Å². The van der Waals surface area contributed by atoms with Gasteiger partial charge >= 0.3 is 0 Å². The van der Waals surface area contributed by atoms with Crippen LogP contribution in [0, 0.1) is 0 Å². The first-order chi connectivity index (χ1) is 1.73. The largest absolute Gasteiger partial charge is 0.180 e. The van der Waals surface area contributed by atoms with Gasteiger partial charge in [-0.2, -0.15) is 12.6 Å². The minimum Gasteiger partial charge on any atom is -0.180 e. The molecule has 0 N–H and O–H groups in total. The van der Waals surface area contributed by atoms with Crippen LogP contribution in [0.3, 0.4) is 0 Å². The van der Waals surface area contributed by atoms with Gasteiger partial charge in [0.1, 0.15) is 0 Å². The number of rotatable bonds is 0. The Labute approximate surface area is 35.4 Å². The van der Waals surface area contributed by atoms with Crippen LogP contribution in [0.15, 0.2) is 0 Å². The van der Waals surface area contributed by atoms with Crippen molar-refractivity contribution in [2.24, 2.45) is 0 Å². The molecule has 0 aromatic carbocycles. The van der Waals surface area contributed by atoms with E-state index in [4.69, 9.17) is 0 Å². The first kappa shape index (κ1) is 4.57. The molecule has 0 amide bonds. The molecule has 1 atom stereocenters.